The van der Waals surface area contributed by atoms with Crippen molar-refractivity contribution in [2.24, 2.45) is 11.0 Å². The van der Waals surface area contributed by atoms with Crippen molar-refractivity contribution in [1.29, 1.82) is 0 Å². The quantitative estimate of drug-likeness (QED) is 0.500. The van der Waals surface area contributed by atoms with Crippen molar-refractivity contribution in [3.63, 3.8) is 0 Å². The van der Waals surface area contributed by atoms with Gasteiger partial charge in [-0.2, -0.15) is 5.10 Å². The lowest BCUT2D eigenvalue weighted by Crippen LogP contribution is -1.91. The molecule has 0 saturated heterocycles. The second-order valence-corrected chi connectivity index (χ2v) is 3.06. The number of hydrazone groups is 1. The normalized spacial score (nSPS) is 8.75. The zero-order valence-corrected chi connectivity index (χ0v) is 9.06. The van der Waals surface area contributed by atoms with E-state index in [0.717, 1.165) is 5.92 Å². The molecule has 0 radical (unpaired) electrons. The monoisotopic (exact) mass is 172 g/mol. The molecule has 0 aliphatic rings. The fourth-order valence-electron chi connectivity index (χ4n) is 1.13. The third kappa shape index (κ3) is 16.2. The summed E-state index contributed by atoms with van der Waals surface area (Å²) in [6.45, 7) is 9.97. The van der Waals surface area contributed by atoms with E-state index >= 15 is 0 Å². The van der Waals surface area contributed by atoms with Crippen molar-refractivity contribution in [2.45, 2.75) is 46.5 Å². The fraction of sp³-hybridized carbons (Fsp3) is 0.900. The topological polar surface area (TPSA) is 24.4 Å². The van der Waals surface area contributed by atoms with E-state index in [2.05, 4.69) is 38.0 Å². The molecule has 0 aromatic heterocycles. The standard InChI is InChI=1S/C8H18.C2H6N2/c1-4-6-8(3)7-5-2;1-3-4-2/h8H,4-7H2,1-3H3;4H,1H2,2H3. The van der Waals surface area contributed by atoms with Crippen LogP contribution in [0.15, 0.2) is 5.10 Å². The molecule has 0 amide bonds. The predicted octanol–water partition coefficient (Wildman–Crippen LogP) is 3.04. The van der Waals surface area contributed by atoms with Crippen molar-refractivity contribution in [1.82, 2.24) is 5.43 Å². The Morgan fingerprint density at radius 3 is 1.75 bits per heavy atom. The average Bonchev–Trinajstić information content (AvgIpc) is 2.06. The first kappa shape index (κ1) is 14.0. The molecule has 74 valence electrons. The van der Waals surface area contributed by atoms with Gasteiger partial charge < -0.3 is 5.43 Å². The maximum atomic E-state index is 3.24. The molecular formula is C10H24N2. The summed E-state index contributed by atoms with van der Waals surface area (Å²) in [5, 5.41) is 3.24. The summed E-state index contributed by atoms with van der Waals surface area (Å²) >= 11 is 0. The van der Waals surface area contributed by atoms with Gasteiger partial charge in [0.15, 0.2) is 0 Å². The summed E-state index contributed by atoms with van der Waals surface area (Å²) in [6.07, 6.45) is 5.52. The first-order valence-electron chi connectivity index (χ1n) is 4.85. The van der Waals surface area contributed by atoms with Gasteiger partial charge in [-0.1, -0.05) is 46.5 Å². The molecule has 0 heterocycles. The molecule has 0 fully saturated rings. The van der Waals surface area contributed by atoms with E-state index in [0.29, 0.717) is 0 Å². The Kier molecular flexibility index (Phi) is 15.3. The summed E-state index contributed by atoms with van der Waals surface area (Å²) in [5.41, 5.74) is 2.44. The SMILES string of the molecule is C=NNC.CCCC(C)CCC. The highest BCUT2D eigenvalue weighted by molar-refractivity contribution is 5.22. The van der Waals surface area contributed by atoms with Crippen LogP contribution in [-0.2, 0) is 0 Å². The second kappa shape index (κ2) is 13.1. The van der Waals surface area contributed by atoms with Gasteiger partial charge in [-0.3, -0.25) is 0 Å². The summed E-state index contributed by atoms with van der Waals surface area (Å²) < 4.78 is 0. The minimum absolute atomic E-state index is 0.963. The molecule has 2 nitrogen and oxygen atoms in total. The van der Waals surface area contributed by atoms with Gasteiger partial charge in [0.05, 0.1) is 0 Å². The van der Waals surface area contributed by atoms with E-state index in [1.54, 1.807) is 7.05 Å². The minimum atomic E-state index is 0.963. The zero-order chi connectivity index (χ0) is 9.82. The lowest BCUT2D eigenvalue weighted by Gasteiger charge is -2.05. The predicted molar refractivity (Wildman–Crippen MR) is 57.6 cm³/mol. The molecule has 0 aromatic carbocycles. The van der Waals surface area contributed by atoms with Crippen LogP contribution in [0.1, 0.15) is 46.5 Å². The largest absolute Gasteiger partial charge is 0.314 e. The van der Waals surface area contributed by atoms with Crippen molar-refractivity contribution >= 4 is 6.72 Å². The average molecular weight is 172 g/mol. The van der Waals surface area contributed by atoms with E-state index in [1.165, 1.54) is 25.7 Å². The van der Waals surface area contributed by atoms with E-state index < -0.39 is 0 Å². The van der Waals surface area contributed by atoms with Crippen LogP contribution in [0.4, 0.5) is 0 Å². The molecule has 0 unspecified atom stereocenters. The minimum Gasteiger partial charge on any atom is -0.314 e. The Bertz CT molecular complexity index is 75.9. The highest BCUT2D eigenvalue weighted by Crippen LogP contribution is 2.10. The van der Waals surface area contributed by atoms with Crippen LogP contribution >= 0.6 is 0 Å². The van der Waals surface area contributed by atoms with E-state index in [-0.39, 0.29) is 0 Å². The van der Waals surface area contributed by atoms with Gasteiger partial charge in [-0.25, -0.2) is 0 Å². The first-order valence-corrected chi connectivity index (χ1v) is 4.85. The molecule has 2 heteroatoms. The van der Waals surface area contributed by atoms with E-state index in [1.807, 2.05) is 0 Å². The number of rotatable bonds is 5. The maximum Gasteiger partial charge on any atom is 0.0216 e. The molecule has 0 aromatic rings. The first-order chi connectivity index (χ1) is 5.72. The Morgan fingerprint density at radius 1 is 1.25 bits per heavy atom. The van der Waals surface area contributed by atoms with Crippen LogP contribution in [0.5, 0.6) is 0 Å². The van der Waals surface area contributed by atoms with Crippen LogP contribution in [0, 0.1) is 5.92 Å². The molecule has 12 heavy (non-hydrogen) atoms. The smallest absolute Gasteiger partial charge is 0.0216 e. The van der Waals surface area contributed by atoms with Gasteiger partial charge >= 0.3 is 0 Å². The summed E-state index contributed by atoms with van der Waals surface area (Å²) in [4.78, 5) is 0. The fourth-order valence-corrected chi connectivity index (χ4v) is 1.13. The van der Waals surface area contributed by atoms with Crippen LogP contribution in [-0.4, -0.2) is 13.8 Å². The highest BCUT2D eigenvalue weighted by atomic mass is 15.2. The molecule has 0 saturated carbocycles. The number of nitrogens with one attached hydrogen (secondary N) is 1. The molecule has 1 N–H and O–H groups in total. The van der Waals surface area contributed by atoms with Crippen LogP contribution in [0.3, 0.4) is 0 Å². The molecule has 0 rings (SSSR count). The molecule has 0 bridgehead atoms. The lowest BCUT2D eigenvalue weighted by molar-refractivity contribution is 0.480. The van der Waals surface area contributed by atoms with Gasteiger partial charge in [0, 0.05) is 13.8 Å². The number of hydrogen-bond donors (Lipinski definition) is 1. The molecular weight excluding hydrogens is 148 g/mol. The lowest BCUT2D eigenvalue weighted by atomic mass is 10.0. The van der Waals surface area contributed by atoms with Gasteiger partial charge in [0.25, 0.3) is 0 Å². The van der Waals surface area contributed by atoms with Crippen LogP contribution < -0.4 is 5.43 Å². The molecule has 0 aliphatic carbocycles. The molecule has 0 aliphatic heterocycles. The van der Waals surface area contributed by atoms with Crippen LogP contribution in [0.2, 0.25) is 0 Å². The maximum absolute atomic E-state index is 3.24. The number of hydrogen-bond acceptors (Lipinski definition) is 2. The van der Waals surface area contributed by atoms with Gasteiger partial charge in [0.2, 0.25) is 0 Å². The Morgan fingerprint density at radius 2 is 1.58 bits per heavy atom. The van der Waals surface area contributed by atoms with Gasteiger partial charge in [-0.15, -0.1) is 0 Å². The Balaban J connectivity index is 0. The zero-order valence-electron chi connectivity index (χ0n) is 9.06. The molecule has 0 spiro atoms. The van der Waals surface area contributed by atoms with Gasteiger partial charge in [0.1, 0.15) is 0 Å². The van der Waals surface area contributed by atoms with Crippen molar-refractivity contribution in [2.75, 3.05) is 7.05 Å². The molecule has 0 atom stereocenters. The van der Waals surface area contributed by atoms with E-state index in [4.69, 9.17) is 0 Å². The van der Waals surface area contributed by atoms with Crippen LogP contribution in [0.25, 0.3) is 0 Å². The van der Waals surface area contributed by atoms with E-state index in [9.17, 15) is 0 Å². The third-order valence-corrected chi connectivity index (χ3v) is 1.72. The summed E-state index contributed by atoms with van der Waals surface area (Å²) in [6, 6.07) is 0. The Hall–Kier alpha value is -0.530. The summed E-state index contributed by atoms with van der Waals surface area (Å²) in [7, 11) is 1.70. The van der Waals surface area contributed by atoms with Crippen molar-refractivity contribution in [3.8, 4) is 0 Å². The highest BCUT2D eigenvalue weighted by Gasteiger charge is 1.95. The summed E-state index contributed by atoms with van der Waals surface area (Å²) in [5.74, 6) is 0.963. The second-order valence-electron chi connectivity index (χ2n) is 3.06. The number of nitrogens with zero attached hydrogens (tertiary/aromatic N) is 1. The Labute approximate surface area is 77.4 Å². The van der Waals surface area contributed by atoms with Crippen molar-refractivity contribution < 1.29 is 0 Å². The van der Waals surface area contributed by atoms with Gasteiger partial charge in [-0.05, 0) is 5.92 Å². The third-order valence-electron chi connectivity index (χ3n) is 1.72. The van der Waals surface area contributed by atoms with Crippen molar-refractivity contribution in [3.05, 3.63) is 0 Å².